The van der Waals surface area contributed by atoms with E-state index < -0.39 is 59.0 Å². The number of nitrogens with one attached hydrogen (secondary N) is 4. The molecule has 0 radical (unpaired) electrons. The Labute approximate surface area is 357 Å². The number of aromatic nitrogens is 1. The molecule has 1 aliphatic rings. The van der Waals surface area contributed by atoms with Crippen LogP contribution in [0.25, 0.3) is 10.4 Å². The molecule has 18 heteroatoms. The molecule has 0 unspecified atom stereocenters. The number of ether oxygens (including phenoxy) is 3. The monoisotopic (exact) mass is 861 g/mol. The maximum atomic E-state index is 13.9. The summed E-state index contributed by atoms with van der Waals surface area (Å²) in [6.07, 6.45) is -0.822. The van der Waals surface area contributed by atoms with E-state index in [1.807, 2.05) is 31.2 Å². The van der Waals surface area contributed by atoms with Crippen molar-refractivity contribution >= 4 is 57.9 Å². The third-order valence-corrected chi connectivity index (χ3v) is 10.6. The van der Waals surface area contributed by atoms with E-state index in [0.29, 0.717) is 11.3 Å². The molecule has 0 saturated carbocycles. The van der Waals surface area contributed by atoms with Crippen LogP contribution < -0.4 is 27.0 Å². The van der Waals surface area contributed by atoms with Gasteiger partial charge in [-0.05, 0) is 65.9 Å². The normalized spacial score (nSPS) is 15.5. The van der Waals surface area contributed by atoms with Crippen molar-refractivity contribution in [3.63, 3.8) is 0 Å². The zero-order chi connectivity index (χ0) is 44.1. The van der Waals surface area contributed by atoms with E-state index in [1.165, 1.54) is 29.2 Å². The first kappa shape index (κ1) is 46.3. The summed E-state index contributed by atoms with van der Waals surface area (Å²) in [7, 11) is 0. The van der Waals surface area contributed by atoms with Gasteiger partial charge in [0.05, 0.1) is 60.0 Å². The molecule has 1 aliphatic heterocycles. The van der Waals surface area contributed by atoms with Crippen molar-refractivity contribution in [2.45, 2.75) is 58.8 Å². The number of carbonyl (C=O) groups is 5. The maximum absolute atomic E-state index is 13.9. The number of hydrogen-bond donors (Lipinski definition) is 6. The van der Waals surface area contributed by atoms with Crippen molar-refractivity contribution < 1.29 is 47.7 Å². The molecule has 0 spiro atoms. The second kappa shape index (κ2) is 21.6. The maximum Gasteiger partial charge on any atom is 0.255 e. The number of likely N-dealkylation sites (tertiary alicyclic amines) is 1. The lowest BCUT2D eigenvalue weighted by atomic mass is 9.85. The minimum atomic E-state index is -1.00. The Morgan fingerprint density at radius 1 is 0.918 bits per heavy atom. The molecule has 4 aromatic rings. The summed E-state index contributed by atoms with van der Waals surface area (Å²) in [4.78, 5) is 71.6. The Balaban J connectivity index is 0.961. The fourth-order valence-electron chi connectivity index (χ4n) is 6.39. The first-order valence-electron chi connectivity index (χ1n) is 19.6. The molecule has 1 aromatic heterocycles. The smallest absolute Gasteiger partial charge is 0.255 e. The molecule has 5 rings (SSSR count). The van der Waals surface area contributed by atoms with Crippen LogP contribution >= 0.6 is 11.3 Å². The van der Waals surface area contributed by atoms with Crippen molar-refractivity contribution in [3.8, 4) is 10.4 Å². The summed E-state index contributed by atoms with van der Waals surface area (Å²) >= 11 is 1.56. The Bertz CT molecular complexity index is 2140. The second-order valence-electron chi connectivity index (χ2n) is 15.5. The molecule has 2 heterocycles. The summed E-state index contributed by atoms with van der Waals surface area (Å²) in [6, 6.07) is 15.7. The average Bonchev–Trinajstić information content (AvgIpc) is 3.84. The highest BCUT2D eigenvalue weighted by atomic mass is 32.1. The molecular weight excluding hydrogens is 810 g/mol. The fraction of sp³-hybridized carbons (Fsp3) is 0.395. The molecule has 0 bridgehead atoms. The van der Waals surface area contributed by atoms with Crippen LogP contribution in [0.15, 0.2) is 72.2 Å². The number of nitrogens with zero attached hydrogens (tertiary/aromatic N) is 2. The second-order valence-corrected chi connectivity index (χ2v) is 16.3. The number of anilines is 3. The molecule has 7 N–H and O–H groups in total. The van der Waals surface area contributed by atoms with E-state index in [-0.39, 0.29) is 70.5 Å². The van der Waals surface area contributed by atoms with Gasteiger partial charge < -0.3 is 51.2 Å². The van der Waals surface area contributed by atoms with Gasteiger partial charge in [0, 0.05) is 30.8 Å². The summed E-state index contributed by atoms with van der Waals surface area (Å²) in [6.45, 7) is 7.42. The lowest BCUT2D eigenvalue weighted by Crippen LogP contribution is -2.58. The standard InChI is InChI=1S/C43H52FN7O9S/c1-26-38(61-25-47-26)28-7-5-27(6-8-28)21-46-41(56)35-20-32(52)22-51(35)42(57)39(43(2,3)4)50-37(54)24-60-18-16-58-15-17-59-23-36(53)48-31-12-9-29(10-13-31)40(55)49-34-14-11-30(44)19-33(34)45/h5-14,19,25,32,35,39,52H,15-18,20-24,45H2,1-4H3,(H,46,56)(H,48,53)(H,49,55)(H,50,54)/t32-,35+,39-/m1/s1. The fourth-order valence-corrected chi connectivity index (χ4v) is 7.21. The summed E-state index contributed by atoms with van der Waals surface area (Å²) in [5.41, 5.74) is 10.8. The van der Waals surface area contributed by atoms with Crippen LogP contribution in [0, 0.1) is 18.2 Å². The molecule has 61 heavy (non-hydrogen) atoms. The molecule has 16 nitrogen and oxygen atoms in total. The highest BCUT2D eigenvalue weighted by Crippen LogP contribution is 2.28. The lowest BCUT2D eigenvalue weighted by molar-refractivity contribution is -0.144. The number of aryl methyl sites for hydroxylation is 1. The zero-order valence-corrected chi connectivity index (χ0v) is 35.3. The van der Waals surface area contributed by atoms with Gasteiger partial charge in [-0.15, -0.1) is 11.3 Å². The first-order valence-corrected chi connectivity index (χ1v) is 20.5. The van der Waals surface area contributed by atoms with Crippen molar-refractivity contribution in [2.24, 2.45) is 5.41 Å². The number of halogens is 1. The van der Waals surface area contributed by atoms with E-state index >= 15 is 0 Å². The number of hydrogen-bond acceptors (Lipinski definition) is 12. The van der Waals surface area contributed by atoms with Gasteiger partial charge in [0.25, 0.3) is 5.91 Å². The van der Waals surface area contributed by atoms with Crippen LogP contribution in [0.4, 0.5) is 21.5 Å². The highest BCUT2D eigenvalue weighted by molar-refractivity contribution is 7.13. The number of aliphatic hydroxyl groups is 1. The Morgan fingerprint density at radius 2 is 1.57 bits per heavy atom. The third-order valence-electron chi connectivity index (χ3n) is 9.61. The minimum Gasteiger partial charge on any atom is -0.397 e. The predicted octanol–water partition coefficient (Wildman–Crippen LogP) is 3.89. The van der Waals surface area contributed by atoms with Gasteiger partial charge in [-0.1, -0.05) is 45.0 Å². The number of thiazole rings is 1. The molecular formula is C43H52FN7O9S. The van der Waals surface area contributed by atoms with Gasteiger partial charge in [0.15, 0.2) is 0 Å². The molecule has 1 fully saturated rings. The van der Waals surface area contributed by atoms with Crippen LogP contribution in [0.1, 0.15) is 48.8 Å². The average molecular weight is 862 g/mol. The van der Waals surface area contributed by atoms with Crippen LogP contribution in [0.2, 0.25) is 0 Å². The number of amides is 5. The van der Waals surface area contributed by atoms with Crippen LogP contribution in [0.5, 0.6) is 0 Å². The molecule has 326 valence electrons. The van der Waals surface area contributed by atoms with Gasteiger partial charge in [0.2, 0.25) is 23.6 Å². The predicted molar refractivity (Wildman–Crippen MR) is 228 cm³/mol. The quantitative estimate of drug-likeness (QED) is 0.0586. The largest absolute Gasteiger partial charge is 0.397 e. The van der Waals surface area contributed by atoms with Gasteiger partial charge in [-0.2, -0.15) is 0 Å². The van der Waals surface area contributed by atoms with E-state index in [1.54, 1.807) is 49.8 Å². The third kappa shape index (κ3) is 13.6. The topological polar surface area (TPSA) is 224 Å². The summed E-state index contributed by atoms with van der Waals surface area (Å²) in [5, 5.41) is 21.4. The molecule has 3 aromatic carbocycles. The first-order chi connectivity index (χ1) is 29.1. The lowest BCUT2D eigenvalue weighted by Gasteiger charge is -2.35. The van der Waals surface area contributed by atoms with Gasteiger partial charge in [-0.25, -0.2) is 9.37 Å². The molecule has 0 aliphatic carbocycles. The number of β-amino-alcohol motifs (C(OH)–C–C–N with tert-alkyl or cyclic N) is 1. The summed E-state index contributed by atoms with van der Waals surface area (Å²) < 4.78 is 29.6. The zero-order valence-electron chi connectivity index (χ0n) is 34.5. The van der Waals surface area contributed by atoms with E-state index in [9.17, 15) is 33.5 Å². The Hall–Kier alpha value is -5.79. The minimum absolute atomic E-state index is 0.0433. The summed E-state index contributed by atoms with van der Waals surface area (Å²) in [5.74, 6) is -2.80. The SMILES string of the molecule is Cc1ncsc1-c1ccc(CNC(=O)[C@@H]2C[C@@H](O)CN2C(=O)[C@@H](NC(=O)COCCOCCOCC(=O)Nc2ccc(C(=O)Nc3ccc(F)cc3N)cc2)C(C)(C)C)cc1. The number of nitrogen functional groups attached to an aromatic ring is 1. The Kier molecular flexibility index (Phi) is 16.4. The van der Waals surface area contributed by atoms with Gasteiger partial charge in [-0.3, -0.25) is 24.0 Å². The van der Waals surface area contributed by atoms with E-state index in [0.717, 1.165) is 27.8 Å². The van der Waals surface area contributed by atoms with E-state index in [2.05, 4.69) is 26.3 Å². The van der Waals surface area contributed by atoms with Crippen molar-refractivity contribution in [1.82, 2.24) is 20.5 Å². The number of rotatable bonds is 19. The van der Waals surface area contributed by atoms with Crippen LogP contribution in [-0.4, -0.2) is 109 Å². The van der Waals surface area contributed by atoms with Gasteiger partial charge >= 0.3 is 0 Å². The van der Waals surface area contributed by atoms with Gasteiger partial charge in [0.1, 0.15) is 31.1 Å². The van der Waals surface area contributed by atoms with E-state index in [4.69, 9.17) is 19.9 Å². The highest BCUT2D eigenvalue weighted by Gasteiger charge is 2.44. The van der Waals surface area contributed by atoms with Crippen LogP contribution in [-0.2, 0) is 39.9 Å². The molecule has 1 saturated heterocycles. The molecule has 3 atom stereocenters. The van der Waals surface area contributed by atoms with Crippen molar-refractivity contribution in [2.75, 3.05) is 62.6 Å². The van der Waals surface area contributed by atoms with Crippen molar-refractivity contribution in [1.29, 1.82) is 0 Å². The van der Waals surface area contributed by atoms with Crippen molar-refractivity contribution in [3.05, 3.63) is 94.9 Å². The number of nitrogens with two attached hydrogens (primary N) is 1. The van der Waals surface area contributed by atoms with Crippen LogP contribution in [0.3, 0.4) is 0 Å². The number of aliphatic hydroxyl groups excluding tert-OH is 1. The molecule has 5 amide bonds. The number of benzene rings is 3. The Morgan fingerprint density at radius 3 is 2.20 bits per heavy atom. The number of carbonyl (C=O) groups excluding carboxylic acids is 5.